The van der Waals surface area contributed by atoms with Crippen molar-refractivity contribution < 1.29 is 9.50 Å². The maximum Gasteiger partial charge on any atom is 0.141 e. The van der Waals surface area contributed by atoms with Crippen molar-refractivity contribution in [1.82, 2.24) is 20.3 Å². The highest BCUT2D eigenvalue weighted by Crippen LogP contribution is 2.18. The van der Waals surface area contributed by atoms with Crippen LogP contribution in [-0.4, -0.2) is 32.7 Å². The van der Waals surface area contributed by atoms with Crippen molar-refractivity contribution in [3.8, 4) is 5.69 Å². The Labute approximate surface area is 127 Å². The van der Waals surface area contributed by atoms with E-state index in [1.807, 2.05) is 13.8 Å². The Balaban J connectivity index is 2.02. The molecule has 114 valence electrons. The lowest BCUT2D eigenvalue weighted by molar-refractivity contribution is 0.207. The van der Waals surface area contributed by atoms with E-state index in [1.54, 1.807) is 16.9 Å². The minimum Gasteiger partial charge on any atom is -0.396 e. The molecule has 0 aliphatic heterocycles. The van der Waals surface area contributed by atoms with Crippen molar-refractivity contribution in [2.24, 2.45) is 5.92 Å². The van der Waals surface area contributed by atoms with Crippen LogP contribution in [0.2, 0.25) is 5.02 Å². The molecule has 0 bridgehead atoms. The molecule has 5 nitrogen and oxygen atoms in total. The SMILES string of the molecule is C[C@@H](CO)[C@@H](C)NCc1cn(-c2ccc(F)c(Cl)c2)nn1. The molecule has 0 saturated carbocycles. The predicted molar refractivity (Wildman–Crippen MR) is 78.9 cm³/mol. The monoisotopic (exact) mass is 312 g/mol. The van der Waals surface area contributed by atoms with Crippen LogP contribution in [0.4, 0.5) is 4.39 Å². The van der Waals surface area contributed by atoms with Gasteiger partial charge < -0.3 is 10.4 Å². The highest BCUT2D eigenvalue weighted by atomic mass is 35.5. The van der Waals surface area contributed by atoms with Crippen LogP contribution in [0, 0.1) is 11.7 Å². The van der Waals surface area contributed by atoms with Gasteiger partial charge in [0.25, 0.3) is 0 Å². The summed E-state index contributed by atoms with van der Waals surface area (Å²) in [7, 11) is 0. The predicted octanol–water partition coefficient (Wildman–Crippen LogP) is 2.17. The van der Waals surface area contributed by atoms with E-state index in [2.05, 4.69) is 15.6 Å². The fraction of sp³-hybridized carbons (Fsp3) is 0.429. The topological polar surface area (TPSA) is 63.0 Å². The summed E-state index contributed by atoms with van der Waals surface area (Å²) in [6.07, 6.45) is 1.76. The van der Waals surface area contributed by atoms with Crippen LogP contribution >= 0.6 is 11.6 Å². The first-order valence-electron chi connectivity index (χ1n) is 6.72. The summed E-state index contributed by atoms with van der Waals surface area (Å²) in [4.78, 5) is 0. The van der Waals surface area contributed by atoms with E-state index in [0.29, 0.717) is 12.2 Å². The Kier molecular flexibility index (Phi) is 5.27. The van der Waals surface area contributed by atoms with Crippen molar-refractivity contribution in [3.63, 3.8) is 0 Å². The lowest BCUT2D eigenvalue weighted by Gasteiger charge is -2.18. The van der Waals surface area contributed by atoms with Crippen molar-refractivity contribution >= 4 is 11.6 Å². The number of aliphatic hydroxyl groups is 1. The summed E-state index contributed by atoms with van der Waals surface area (Å²) in [6.45, 7) is 4.65. The third-order valence-electron chi connectivity index (χ3n) is 3.46. The van der Waals surface area contributed by atoms with Crippen molar-refractivity contribution in [2.45, 2.75) is 26.4 Å². The second kappa shape index (κ2) is 6.98. The molecule has 0 fully saturated rings. The van der Waals surface area contributed by atoms with Gasteiger partial charge in [-0.15, -0.1) is 5.10 Å². The molecule has 0 amide bonds. The zero-order valence-electron chi connectivity index (χ0n) is 11.9. The number of aromatic nitrogens is 3. The van der Waals surface area contributed by atoms with Gasteiger partial charge in [0.15, 0.2) is 0 Å². The lowest BCUT2D eigenvalue weighted by Crippen LogP contribution is -2.33. The lowest BCUT2D eigenvalue weighted by atomic mass is 10.1. The molecule has 2 rings (SSSR count). The third-order valence-corrected chi connectivity index (χ3v) is 3.74. The van der Waals surface area contributed by atoms with E-state index < -0.39 is 5.82 Å². The summed E-state index contributed by atoms with van der Waals surface area (Å²) in [5.41, 5.74) is 1.41. The van der Waals surface area contributed by atoms with Gasteiger partial charge in [-0.2, -0.15) is 0 Å². The molecular formula is C14H18ClFN4O. The van der Waals surface area contributed by atoms with E-state index in [4.69, 9.17) is 16.7 Å². The van der Waals surface area contributed by atoms with Crippen molar-refractivity contribution in [3.05, 3.63) is 40.9 Å². The molecule has 0 unspecified atom stereocenters. The van der Waals surface area contributed by atoms with Crippen LogP contribution in [0.25, 0.3) is 5.69 Å². The maximum atomic E-state index is 13.1. The largest absolute Gasteiger partial charge is 0.396 e. The Morgan fingerprint density at radius 3 is 2.86 bits per heavy atom. The molecule has 0 radical (unpaired) electrons. The van der Waals surface area contributed by atoms with E-state index in [0.717, 1.165) is 5.69 Å². The standard InChI is InChI=1S/C14H18ClFN4O/c1-9(8-21)10(2)17-6-11-7-20(19-18-11)12-3-4-14(16)13(15)5-12/h3-5,7,9-10,17,21H,6,8H2,1-2H3/t9-,10+/m0/s1. The van der Waals surface area contributed by atoms with Crippen molar-refractivity contribution in [2.75, 3.05) is 6.61 Å². The van der Waals surface area contributed by atoms with E-state index >= 15 is 0 Å². The highest BCUT2D eigenvalue weighted by Gasteiger charge is 2.11. The van der Waals surface area contributed by atoms with E-state index in [1.165, 1.54) is 12.1 Å². The Hall–Kier alpha value is -1.50. The first-order valence-corrected chi connectivity index (χ1v) is 7.10. The minimum atomic E-state index is -0.464. The Morgan fingerprint density at radius 1 is 1.43 bits per heavy atom. The second-order valence-electron chi connectivity index (χ2n) is 5.08. The Morgan fingerprint density at radius 2 is 2.19 bits per heavy atom. The van der Waals surface area contributed by atoms with Gasteiger partial charge in [-0.3, -0.25) is 0 Å². The zero-order valence-corrected chi connectivity index (χ0v) is 12.7. The molecule has 1 heterocycles. The van der Waals surface area contributed by atoms with Gasteiger partial charge in [0, 0.05) is 19.2 Å². The van der Waals surface area contributed by atoms with Gasteiger partial charge in [0.1, 0.15) is 5.82 Å². The number of hydrogen-bond acceptors (Lipinski definition) is 4. The van der Waals surface area contributed by atoms with Crippen molar-refractivity contribution in [1.29, 1.82) is 0 Å². The summed E-state index contributed by atoms with van der Waals surface area (Å²) in [6, 6.07) is 4.55. The summed E-state index contributed by atoms with van der Waals surface area (Å²) in [5.74, 6) is -0.301. The normalized spacial score (nSPS) is 14.1. The number of halogens is 2. The molecule has 2 atom stereocenters. The Bertz CT molecular complexity index is 604. The van der Waals surface area contributed by atoms with Crippen LogP contribution < -0.4 is 5.32 Å². The van der Waals surface area contributed by atoms with Crippen LogP contribution in [-0.2, 0) is 6.54 Å². The number of benzene rings is 1. The molecule has 0 spiro atoms. The van der Waals surface area contributed by atoms with Gasteiger partial charge in [0.2, 0.25) is 0 Å². The summed E-state index contributed by atoms with van der Waals surface area (Å²) < 4.78 is 14.7. The quantitative estimate of drug-likeness (QED) is 0.858. The number of nitrogens with zero attached hydrogens (tertiary/aromatic N) is 3. The molecule has 0 saturated heterocycles. The number of hydrogen-bond donors (Lipinski definition) is 2. The highest BCUT2D eigenvalue weighted by molar-refractivity contribution is 6.30. The minimum absolute atomic E-state index is 0.0491. The summed E-state index contributed by atoms with van der Waals surface area (Å²) >= 11 is 5.75. The molecule has 0 aliphatic carbocycles. The van der Waals surface area contributed by atoms with Crippen LogP contribution in [0.3, 0.4) is 0 Å². The van der Waals surface area contributed by atoms with Gasteiger partial charge in [-0.25, -0.2) is 9.07 Å². The van der Waals surface area contributed by atoms with Gasteiger partial charge in [-0.05, 0) is 31.0 Å². The smallest absolute Gasteiger partial charge is 0.141 e. The average molecular weight is 313 g/mol. The van der Waals surface area contributed by atoms with Gasteiger partial charge in [0.05, 0.1) is 22.6 Å². The first-order chi connectivity index (χ1) is 10.0. The molecule has 0 aliphatic rings. The maximum absolute atomic E-state index is 13.1. The van der Waals surface area contributed by atoms with Crippen LogP contribution in [0.15, 0.2) is 24.4 Å². The van der Waals surface area contributed by atoms with Gasteiger partial charge >= 0.3 is 0 Å². The molecule has 2 aromatic rings. The number of rotatable bonds is 6. The van der Waals surface area contributed by atoms with E-state index in [-0.39, 0.29) is 23.6 Å². The zero-order chi connectivity index (χ0) is 15.4. The molecule has 2 N–H and O–H groups in total. The molecule has 1 aromatic heterocycles. The molecule has 7 heteroatoms. The van der Waals surface area contributed by atoms with Crippen LogP contribution in [0.5, 0.6) is 0 Å². The van der Waals surface area contributed by atoms with Crippen LogP contribution in [0.1, 0.15) is 19.5 Å². The summed E-state index contributed by atoms with van der Waals surface area (Å²) in [5, 5.41) is 20.5. The third kappa shape index (κ3) is 4.00. The number of nitrogens with one attached hydrogen (secondary N) is 1. The molecule has 1 aromatic carbocycles. The average Bonchev–Trinajstić information content (AvgIpc) is 2.95. The fourth-order valence-electron chi connectivity index (χ4n) is 1.76. The molecule has 21 heavy (non-hydrogen) atoms. The number of aliphatic hydroxyl groups excluding tert-OH is 1. The van der Waals surface area contributed by atoms with Gasteiger partial charge in [-0.1, -0.05) is 23.7 Å². The molecular weight excluding hydrogens is 295 g/mol. The first kappa shape index (κ1) is 15.9. The fourth-order valence-corrected chi connectivity index (χ4v) is 1.93. The van der Waals surface area contributed by atoms with E-state index in [9.17, 15) is 4.39 Å². The second-order valence-corrected chi connectivity index (χ2v) is 5.49.